The van der Waals surface area contributed by atoms with E-state index in [1.165, 1.54) is 0 Å². The fraction of sp³-hybridized carbons (Fsp3) is 0.286. The molecule has 0 aliphatic rings. The quantitative estimate of drug-likeness (QED) is 0.940. The number of aromatic nitrogens is 2. The minimum atomic E-state index is -0.118. The van der Waals surface area contributed by atoms with Crippen molar-refractivity contribution in [2.75, 3.05) is 0 Å². The SMILES string of the molecule is CCn1ccc(C(C)NC(=O)c2ccccc2Br)n1. The van der Waals surface area contributed by atoms with Crippen LogP contribution in [0, 0.1) is 0 Å². The van der Waals surface area contributed by atoms with Gasteiger partial charge in [0, 0.05) is 17.2 Å². The largest absolute Gasteiger partial charge is 0.344 e. The van der Waals surface area contributed by atoms with Gasteiger partial charge < -0.3 is 5.32 Å². The van der Waals surface area contributed by atoms with Crippen molar-refractivity contribution in [2.45, 2.75) is 26.4 Å². The Bertz CT molecular complexity index is 580. The van der Waals surface area contributed by atoms with Crippen molar-refractivity contribution in [3.63, 3.8) is 0 Å². The van der Waals surface area contributed by atoms with Gasteiger partial charge in [-0.15, -0.1) is 0 Å². The summed E-state index contributed by atoms with van der Waals surface area (Å²) in [6, 6.07) is 9.17. The molecule has 0 aliphatic carbocycles. The van der Waals surface area contributed by atoms with Gasteiger partial charge in [0.1, 0.15) is 0 Å². The lowest BCUT2D eigenvalue weighted by Crippen LogP contribution is -2.27. The Morgan fingerprint density at radius 1 is 1.42 bits per heavy atom. The summed E-state index contributed by atoms with van der Waals surface area (Å²) >= 11 is 3.38. The molecule has 100 valence electrons. The number of carbonyl (C=O) groups excluding carboxylic acids is 1. The molecule has 2 aromatic rings. The molecule has 0 saturated heterocycles. The molecule has 0 bridgehead atoms. The Hall–Kier alpha value is -1.62. The van der Waals surface area contributed by atoms with Crippen molar-refractivity contribution in [1.82, 2.24) is 15.1 Å². The molecule has 19 heavy (non-hydrogen) atoms. The van der Waals surface area contributed by atoms with Gasteiger partial charge in [0.05, 0.1) is 17.3 Å². The van der Waals surface area contributed by atoms with Crippen LogP contribution in [0.4, 0.5) is 0 Å². The maximum Gasteiger partial charge on any atom is 0.252 e. The summed E-state index contributed by atoms with van der Waals surface area (Å²) in [6.45, 7) is 4.78. The van der Waals surface area contributed by atoms with Gasteiger partial charge in [0.2, 0.25) is 0 Å². The van der Waals surface area contributed by atoms with Gasteiger partial charge in [-0.25, -0.2) is 0 Å². The molecule has 1 N–H and O–H groups in total. The van der Waals surface area contributed by atoms with Crippen LogP contribution in [0.1, 0.15) is 35.9 Å². The third-order valence-electron chi connectivity index (χ3n) is 2.90. The number of nitrogens with one attached hydrogen (secondary N) is 1. The zero-order valence-electron chi connectivity index (χ0n) is 10.9. The summed E-state index contributed by atoms with van der Waals surface area (Å²) in [5.74, 6) is -0.106. The van der Waals surface area contributed by atoms with Crippen LogP contribution in [-0.2, 0) is 6.54 Å². The summed E-state index contributed by atoms with van der Waals surface area (Å²) in [6.07, 6.45) is 1.91. The lowest BCUT2D eigenvalue weighted by molar-refractivity contribution is 0.0938. The monoisotopic (exact) mass is 321 g/mol. The standard InChI is InChI=1S/C14H16BrN3O/c1-3-18-9-8-13(17-18)10(2)16-14(19)11-6-4-5-7-12(11)15/h4-10H,3H2,1-2H3,(H,16,19). The maximum atomic E-state index is 12.1. The van der Waals surface area contributed by atoms with Gasteiger partial charge in [-0.05, 0) is 48.0 Å². The molecule has 1 amide bonds. The number of amides is 1. The van der Waals surface area contributed by atoms with Crippen molar-refractivity contribution >= 4 is 21.8 Å². The third kappa shape index (κ3) is 3.23. The van der Waals surface area contributed by atoms with E-state index in [9.17, 15) is 4.79 Å². The fourth-order valence-electron chi connectivity index (χ4n) is 1.78. The van der Waals surface area contributed by atoms with Crippen LogP contribution >= 0.6 is 15.9 Å². The van der Waals surface area contributed by atoms with Crippen LogP contribution in [0.25, 0.3) is 0 Å². The van der Waals surface area contributed by atoms with Gasteiger partial charge in [0.25, 0.3) is 5.91 Å². The molecule has 2 rings (SSSR count). The zero-order valence-corrected chi connectivity index (χ0v) is 12.5. The van der Waals surface area contributed by atoms with E-state index in [1.807, 2.05) is 49.0 Å². The van der Waals surface area contributed by atoms with Gasteiger partial charge in [-0.2, -0.15) is 5.10 Å². The van der Waals surface area contributed by atoms with Crippen LogP contribution in [0.2, 0.25) is 0 Å². The van der Waals surface area contributed by atoms with Crippen LogP contribution in [0.5, 0.6) is 0 Å². The first kappa shape index (κ1) is 13.8. The van der Waals surface area contributed by atoms with E-state index in [-0.39, 0.29) is 11.9 Å². The molecule has 1 heterocycles. The van der Waals surface area contributed by atoms with E-state index in [2.05, 4.69) is 26.3 Å². The first-order chi connectivity index (χ1) is 9.11. The molecule has 0 aliphatic heterocycles. The molecule has 0 saturated carbocycles. The predicted octanol–water partition coefficient (Wildman–Crippen LogP) is 3.16. The van der Waals surface area contributed by atoms with Crippen LogP contribution < -0.4 is 5.32 Å². The highest BCUT2D eigenvalue weighted by Crippen LogP contribution is 2.17. The summed E-state index contributed by atoms with van der Waals surface area (Å²) in [7, 11) is 0. The molecule has 1 unspecified atom stereocenters. The van der Waals surface area contributed by atoms with Crippen LogP contribution in [-0.4, -0.2) is 15.7 Å². The smallest absolute Gasteiger partial charge is 0.252 e. The van der Waals surface area contributed by atoms with Gasteiger partial charge in [-0.1, -0.05) is 12.1 Å². The van der Waals surface area contributed by atoms with Crippen molar-refractivity contribution in [1.29, 1.82) is 0 Å². The van der Waals surface area contributed by atoms with E-state index in [0.717, 1.165) is 16.7 Å². The van der Waals surface area contributed by atoms with Crippen molar-refractivity contribution in [3.05, 3.63) is 52.3 Å². The summed E-state index contributed by atoms with van der Waals surface area (Å²) in [5.41, 5.74) is 1.49. The summed E-state index contributed by atoms with van der Waals surface area (Å²) in [5, 5.41) is 7.33. The molecule has 0 radical (unpaired) electrons. The highest BCUT2D eigenvalue weighted by molar-refractivity contribution is 9.10. The van der Waals surface area contributed by atoms with Crippen LogP contribution in [0.3, 0.4) is 0 Å². The van der Waals surface area contributed by atoms with E-state index in [0.29, 0.717) is 5.56 Å². The molecule has 1 atom stereocenters. The normalized spacial score (nSPS) is 12.2. The van der Waals surface area contributed by atoms with E-state index >= 15 is 0 Å². The Labute approximate surface area is 120 Å². The second kappa shape index (κ2) is 6.02. The molecular weight excluding hydrogens is 306 g/mol. The number of hydrogen-bond acceptors (Lipinski definition) is 2. The Balaban J connectivity index is 2.08. The molecule has 1 aromatic carbocycles. The van der Waals surface area contributed by atoms with E-state index in [1.54, 1.807) is 6.07 Å². The Kier molecular flexibility index (Phi) is 4.37. The highest BCUT2D eigenvalue weighted by Gasteiger charge is 2.15. The predicted molar refractivity (Wildman–Crippen MR) is 77.9 cm³/mol. The first-order valence-corrected chi connectivity index (χ1v) is 7.00. The molecule has 4 nitrogen and oxygen atoms in total. The number of aryl methyl sites for hydroxylation is 1. The number of benzene rings is 1. The minimum Gasteiger partial charge on any atom is -0.344 e. The van der Waals surface area contributed by atoms with E-state index in [4.69, 9.17) is 0 Å². The maximum absolute atomic E-state index is 12.1. The van der Waals surface area contributed by atoms with Crippen molar-refractivity contribution in [2.24, 2.45) is 0 Å². The van der Waals surface area contributed by atoms with Crippen molar-refractivity contribution in [3.8, 4) is 0 Å². The van der Waals surface area contributed by atoms with Crippen molar-refractivity contribution < 1.29 is 4.79 Å². The Morgan fingerprint density at radius 3 is 2.79 bits per heavy atom. The lowest BCUT2D eigenvalue weighted by Gasteiger charge is -2.12. The van der Waals surface area contributed by atoms with Gasteiger partial charge >= 0.3 is 0 Å². The second-order valence-corrected chi connectivity index (χ2v) is 5.13. The molecule has 1 aromatic heterocycles. The lowest BCUT2D eigenvalue weighted by atomic mass is 10.2. The number of halogens is 1. The zero-order chi connectivity index (χ0) is 13.8. The summed E-state index contributed by atoms with van der Waals surface area (Å²) in [4.78, 5) is 12.1. The minimum absolute atomic E-state index is 0.106. The summed E-state index contributed by atoms with van der Waals surface area (Å²) < 4.78 is 2.63. The third-order valence-corrected chi connectivity index (χ3v) is 3.59. The van der Waals surface area contributed by atoms with Gasteiger partial charge in [0.15, 0.2) is 0 Å². The second-order valence-electron chi connectivity index (χ2n) is 4.27. The molecule has 5 heteroatoms. The molecule has 0 fully saturated rings. The topological polar surface area (TPSA) is 46.9 Å². The molecular formula is C14H16BrN3O. The fourth-order valence-corrected chi connectivity index (χ4v) is 2.24. The average molecular weight is 322 g/mol. The molecule has 0 spiro atoms. The first-order valence-electron chi connectivity index (χ1n) is 6.20. The Morgan fingerprint density at radius 2 is 2.16 bits per heavy atom. The van der Waals surface area contributed by atoms with Gasteiger partial charge in [-0.3, -0.25) is 9.48 Å². The van der Waals surface area contributed by atoms with E-state index < -0.39 is 0 Å². The highest BCUT2D eigenvalue weighted by atomic mass is 79.9. The number of rotatable bonds is 4. The van der Waals surface area contributed by atoms with Crippen LogP contribution in [0.15, 0.2) is 41.0 Å². The number of nitrogens with zero attached hydrogens (tertiary/aromatic N) is 2. The number of carbonyl (C=O) groups is 1. The average Bonchev–Trinajstić information content (AvgIpc) is 2.88. The number of hydrogen-bond donors (Lipinski definition) is 1.